The number of carboxylic acid groups (broad SMARTS) is 1. The number of aromatic nitrogens is 2. The molecule has 3 aromatic rings. The van der Waals surface area contributed by atoms with Crippen molar-refractivity contribution in [2.24, 2.45) is 5.92 Å². The summed E-state index contributed by atoms with van der Waals surface area (Å²) in [6.07, 6.45) is 4.35. The zero-order valence-corrected chi connectivity index (χ0v) is 20.6. The Morgan fingerprint density at radius 1 is 1.06 bits per heavy atom. The zero-order chi connectivity index (χ0) is 24.7. The third kappa shape index (κ3) is 4.07. The van der Waals surface area contributed by atoms with Crippen molar-refractivity contribution in [3.05, 3.63) is 59.4 Å². The molecule has 1 aliphatic heterocycles. The maximum Gasteiger partial charge on any atom is 0.414 e. The summed E-state index contributed by atoms with van der Waals surface area (Å²) in [6.45, 7) is 4.23. The van der Waals surface area contributed by atoms with Gasteiger partial charge in [-0.05, 0) is 63.1 Å². The molecule has 2 aromatic carbocycles. The van der Waals surface area contributed by atoms with Gasteiger partial charge in [0.1, 0.15) is 5.82 Å². The molecule has 2 atom stereocenters. The van der Waals surface area contributed by atoms with Crippen LogP contribution in [0.25, 0.3) is 11.0 Å². The van der Waals surface area contributed by atoms with Crippen LogP contribution in [0.5, 0.6) is 0 Å². The number of carbonyl (C=O) groups excluding carboxylic acids is 1. The van der Waals surface area contributed by atoms with Gasteiger partial charge in [-0.25, -0.2) is 9.78 Å². The topological polar surface area (TPSA) is 84.7 Å². The van der Waals surface area contributed by atoms with Crippen LogP contribution in [0.15, 0.2) is 42.5 Å². The molecule has 1 N–H and O–H groups in total. The summed E-state index contributed by atoms with van der Waals surface area (Å²) >= 11 is 0. The Labute approximate surface area is 205 Å². The number of fused-ring (bicyclic) bond motifs is 3. The molecule has 0 unspecified atom stereocenters. The lowest BCUT2D eigenvalue weighted by molar-refractivity contribution is -0.143. The number of benzene rings is 2. The van der Waals surface area contributed by atoms with Gasteiger partial charge >= 0.3 is 12.1 Å². The van der Waals surface area contributed by atoms with Crippen molar-refractivity contribution >= 4 is 28.8 Å². The largest absolute Gasteiger partial charge is 0.481 e. The predicted molar refractivity (Wildman–Crippen MR) is 135 cm³/mol. The van der Waals surface area contributed by atoms with E-state index in [1.54, 1.807) is 4.90 Å². The predicted octanol–water partition coefficient (Wildman–Crippen LogP) is 5.91. The van der Waals surface area contributed by atoms with Gasteiger partial charge in [0.25, 0.3) is 0 Å². The molecule has 0 saturated heterocycles. The van der Waals surface area contributed by atoms with E-state index in [0.717, 1.165) is 53.8 Å². The molecule has 184 valence electrons. The van der Waals surface area contributed by atoms with Gasteiger partial charge in [-0.1, -0.05) is 37.3 Å². The quantitative estimate of drug-likeness (QED) is 0.507. The second-order valence-corrected chi connectivity index (χ2v) is 9.97. The number of imidazole rings is 1. The Hall–Kier alpha value is -3.35. The first-order valence-corrected chi connectivity index (χ1v) is 12.6. The monoisotopic (exact) mass is 475 g/mol. The fourth-order valence-electron chi connectivity index (χ4n) is 5.95. The molecule has 2 heterocycles. The van der Waals surface area contributed by atoms with Crippen LogP contribution < -0.4 is 4.90 Å². The average molecular weight is 476 g/mol. The number of carbonyl (C=O) groups is 2. The molecule has 1 fully saturated rings. The minimum atomic E-state index is -0.692. The fourth-order valence-corrected chi connectivity index (χ4v) is 5.95. The van der Waals surface area contributed by atoms with Crippen LogP contribution in [0.1, 0.15) is 74.9 Å². The molecular weight excluding hydrogens is 442 g/mol. The first-order valence-electron chi connectivity index (χ1n) is 12.6. The fraction of sp³-hybridized carbons (Fsp3) is 0.464. The van der Waals surface area contributed by atoms with E-state index in [4.69, 9.17) is 9.72 Å². The van der Waals surface area contributed by atoms with Crippen LogP contribution in [0, 0.1) is 5.92 Å². The Morgan fingerprint density at radius 3 is 2.43 bits per heavy atom. The van der Waals surface area contributed by atoms with Gasteiger partial charge in [-0.2, -0.15) is 0 Å². The minimum absolute atomic E-state index is 0.0588. The molecule has 1 amide bonds. The molecule has 1 aliphatic carbocycles. The highest BCUT2D eigenvalue weighted by Gasteiger charge is 2.34. The van der Waals surface area contributed by atoms with E-state index in [0.29, 0.717) is 12.8 Å². The minimum Gasteiger partial charge on any atom is -0.481 e. The summed E-state index contributed by atoms with van der Waals surface area (Å²) in [7, 11) is 1.42. The van der Waals surface area contributed by atoms with Crippen molar-refractivity contribution in [1.82, 2.24) is 9.55 Å². The number of anilines is 1. The normalized spacial score (nSPS) is 23.1. The number of aliphatic carboxylic acids is 1. The van der Waals surface area contributed by atoms with Gasteiger partial charge in [0.05, 0.1) is 29.7 Å². The van der Waals surface area contributed by atoms with E-state index in [2.05, 4.69) is 29.7 Å². The SMILES string of the molecule is COC(=O)N1c2ccc3c(nc([C@@H](C)c4ccccc4)n3C3CCC(C(=O)O)CC3)c2CC[C@@H]1C. The van der Waals surface area contributed by atoms with Crippen LogP contribution in [-0.4, -0.2) is 39.9 Å². The molecule has 7 nitrogen and oxygen atoms in total. The summed E-state index contributed by atoms with van der Waals surface area (Å²) in [5.74, 6) is 0.124. The van der Waals surface area contributed by atoms with E-state index in [9.17, 15) is 14.7 Å². The third-order valence-corrected chi connectivity index (χ3v) is 7.95. The first-order chi connectivity index (χ1) is 16.9. The van der Waals surface area contributed by atoms with Crippen molar-refractivity contribution in [2.75, 3.05) is 12.0 Å². The van der Waals surface area contributed by atoms with E-state index in [1.807, 2.05) is 31.2 Å². The first kappa shape index (κ1) is 23.4. The number of amides is 1. The zero-order valence-electron chi connectivity index (χ0n) is 20.6. The highest BCUT2D eigenvalue weighted by Crippen LogP contribution is 2.42. The summed E-state index contributed by atoms with van der Waals surface area (Å²) in [5, 5.41) is 9.50. The smallest absolute Gasteiger partial charge is 0.414 e. The number of hydrogen-bond acceptors (Lipinski definition) is 4. The van der Waals surface area contributed by atoms with Crippen LogP contribution >= 0.6 is 0 Å². The lowest BCUT2D eigenvalue weighted by Crippen LogP contribution is -2.42. The number of methoxy groups -OCH3 is 1. The van der Waals surface area contributed by atoms with Gasteiger partial charge in [0.2, 0.25) is 0 Å². The molecule has 7 heteroatoms. The van der Waals surface area contributed by atoms with Gasteiger partial charge in [0, 0.05) is 23.6 Å². The molecule has 5 rings (SSSR count). The van der Waals surface area contributed by atoms with Crippen molar-refractivity contribution in [3.63, 3.8) is 0 Å². The summed E-state index contributed by atoms with van der Waals surface area (Å²) < 4.78 is 7.46. The average Bonchev–Trinajstić information content (AvgIpc) is 3.28. The number of hydrogen-bond donors (Lipinski definition) is 1. The Balaban J connectivity index is 1.65. The van der Waals surface area contributed by atoms with Crippen molar-refractivity contribution in [3.8, 4) is 0 Å². The van der Waals surface area contributed by atoms with Gasteiger partial charge in [-0.15, -0.1) is 0 Å². The van der Waals surface area contributed by atoms with Gasteiger partial charge < -0.3 is 14.4 Å². The second kappa shape index (κ2) is 9.36. The lowest BCUT2D eigenvalue weighted by atomic mass is 9.85. The van der Waals surface area contributed by atoms with Crippen molar-refractivity contribution in [1.29, 1.82) is 0 Å². The molecule has 1 aromatic heterocycles. The Bertz CT molecular complexity index is 1240. The summed E-state index contributed by atoms with van der Waals surface area (Å²) in [4.78, 5) is 31.2. The van der Waals surface area contributed by atoms with Crippen LogP contribution in [-0.2, 0) is 16.0 Å². The summed E-state index contributed by atoms with van der Waals surface area (Å²) in [5.41, 5.74) is 5.18. The molecule has 0 radical (unpaired) electrons. The maximum atomic E-state index is 12.6. The highest BCUT2D eigenvalue weighted by atomic mass is 16.5. The number of rotatable bonds is 4. The van der Waals surface area contributed by atoms with Crippen molar-refractivity contribution in [2.45, 2.75) is 70.4 Å². The van der Waals surface area contributed by atoms with Crippen molar-refractivity contribution < 1.29 is 19.4 Å². The second-order valence-electron chi connectivity index (χ2n) is 9.97. The molecule has 0 spiro atoms. The molecule has 2 aliphatic rings. The number of carboxylic acids is 1. The standard InChI is InChI=1S/C28H33N3O4/c1-17-9-14-22-23(30(17)28(34)35-3)15-16-24-25(22)29-26(18(2)19-7-5-4-6-8-19)31(24)21-12-10-20(11-13-21)27(32)33/h4-8,15-18,20-21H,9-14H2,1-3H3,(H,32,33)/t17-,18-,20?,21?/m0/s1. The third-order valence-electron chi connectivity index (χ3n) is 7.95. The Morgan fingerprint density at radius 2 is 1.77 bits per heavy atom. The maximum absolute atomic E-state index is 12.6. The molecule has 1 saturated carbocycles. The van der Waals surface area contributed by atoms with E-state index < -0.39 is 5.97 Å². The number of aryl methyl sites for hydroxylation is 1. The Kier molecular flexibility index (Phi) is 6.26. The molecule has 35 heavy (non-hydrogen) atoms. The molecular formula is C28H33N3O4. The van der Waals surface area contributed by atoms with E-state index in [-0.39, 0.29) is 30.0 Å². The lowest BCUT2D eigenvalue weighted by Gasteiger charge is -2.34. The van der Waals surface area contributed by atoms with Gasteiger partial charge in [-0.3, -0.25) is 9.69 Å². The highest BCUT2D eigenvalue weighted by molar-refractivity contribution is 5.95. The van der Waals surface area contributed by atoms with E-state index >= 15 is 0 Å². The summed E-state index contributed by atoms with van der Waals surface area (Å²) in [6, 6.07) is 14.8. The number of ether oxygens (including phenoxy) is 1. The van der Waals surface area contributed by atoms with Gasteiger partial charge in [0.15, 0.2) is 0 Å². The van der Waals surface area contributed by atoms with Crippen LogP contribution in [0.4, 0.5) is 10.5 Å². The van der Waals surface area contributed by atoms with E-state index in [1.165, 1.54) is 12.7 Å². The molecule has 0 bridgehead atoms. The van der Waals surface area contributed by atoms with Crippen LogP contribution in [0.3, 0.4) is 0 Å². The number of nitrogens with zero attached hydrogens (tertiary/aromatic N) is 3. The van der Waals surface area contributed by atoms with Crippen LogP contribution in [0.2, 0.25) is 0 Å².